The monoisotopic (exact) mass is 282 g/mol. The van der Waals surface area contributed by atoms with Crippen LogP contribution in [0, 0.1) is 5.92 Å². The Kier molecular flexibility index (Phi) is 5.92. The van der Waals surface area contributed by atoms with E-state index in [2.05, 4.69) is 10.2 Å². The summed E-state index contributed by atoms with van der Waals surface area (Å²) in [6.45, 7) is 4.21. The number of rotatable bonds is 6. The fourth-order valence-electron chi connectivity index (χ4n) is 2.81. The molecule has 0 amide bonds. The van der Waals surface area contributed by atoms with E-state index in [1.807, 2.05) is 19.2 Å². The van der Waals surface area contributed by atoms with E-state index in [0.717, 1.165) is 37.7 Å². The minimum absolute atomic E-state index is 0.111. The third-order valence-corrected chi connectivity index (χ3v) is 4.15. The van der Waals surface area contributed by atoms with Crippen LogP contribution in [-0.4, -0.2) is 31.6 Å². The molecule has 1 aliphatic heterocycles. The summed E-state index contributed by atoms with van der Waals surface area (Å²) >= 11 is 0. The van der Waals surface area contributed by atoms with Crippen molar-refractivity contribution in [3.8, 4) is 0 Å². The third kappa shape index (κ3) is 4.53. The zero-order valence-electron chi connectivity index (χ0n) is 12.1. The highest BCUT2D eigenvalue weighted by atomic mass is 19.3. The van der Waals surface area contributed by atoms with Crippen LogP contribution in [0.15, 0.2) is 24.3 Å². The van der Waals surface area contributed by atoms with Crippen molar-refractivity contribution in [3.05, 3.63) is 35.4 Å². The second kappa shape index (κ2) is 7.70. The molecule has 0 bridgehead atoms. The van der Waals surface area contributed by atoms with E-state index in [9.17, 15) is 8.78 Å². The summed E-state index contributed by atoms with van der Waals surface area (Å²) in [7, 11) is 2.00. The van der Waals surface area contributed by atoms with Crippen LogP contribution < -0.4 is 5.32 Å². The Morgan fingerprint density at radius 1 is 1.20 bits per heavy atom. The molecule has 0 aliphatic carbocycles. The summed E-state index contributed by atoms with van der Waals surface area (Å²) in [5, 5.41) is 3.21. The minimum Gasteiger partial charge on any atom is -0.320 e. The zero-order valence-corrected chi connectivity index (χ0v) is 12.1. The molecule has 0 spiro atoms. The Balaban J connectivity index is 1.77. The van der Waals surface area contributed by atoms with Crippen LogP contribution >= 0.6 is 0 Å². The predicted octanol–water partition coefficient (Wildman–Crippen LogP) is 3.45. The molecule has 2 nitrogen and oxygen atoms in total. The fourth-order valence-corrected chi connectivity index (χ4v) is 2.81. The Hall–Kier alpha value is -1.00. The second-order valence-corrected chi connectivity index (χ2v) is 5.65. The number of nitrogens with zero attached hydrogens (tertiary/aromatic N) is 1. The van der Waals surface area contributed by atoms with Crippen LogP contribution in [0.1, 0.15) is 36.8 Å². The van der Waals surface area contributed by atoms with E-state index in [4.69, 9.17) is 0 Å². The summed E-state index contributed by atoms with van der Waals surface area (Å²) in [6.07, 6.45) is 1.38. The number of alkyl halides is 2. The van der Waals surface area contributed by atoms with Gasteiger partial charge in [-0.15, -0.1) is 0 Å². The van der Waals surface area contributed by atoms with Crippen molar-refractivity contribution in [2.75, 3.05) is 26.7 Å². The van der Waals surface area contributed by atoms with Gasteiger partial charge in [0.1, 0.15) is 0 Å². The highest BCUT2D eigenvalue weighted by Crippen LogP contribution is 2.23. The van der Waals surface area contributed by atoms with Crippen molar-refractivity contribution in [1.29, 1.82) is 0 Å². The first-order valence-electron chi connectivity index (χ1n) is 7.43. The number of halogens is 2. The summed E-state index contributed by atoms with van der Waals surface area (Å²) < 4.78 is 25.0. The number of likely N-dealkylation sites (tertiary alicyclic amines) is 1. The van der Waals surface area contributed by atoms with Crippen LogP contribution in [0.4, 0.5) is 8.78 Å². The molecule has 0 unspecified atom stereocenters. The van der Waals surface area contributed by atoms with Crippen molar-refractivity contribution in [2.45, 2.75) is 32.2 Å². The fraction of sp³-hybridized carbons (Fsp3) is 0.625. The maximum absolute atomic E-state index is 12.5. The molecule has 1 aromatic rings. The second-order valence-electron chi connectivity index (χ2n) is 5.65. The van der Waals surface area contributed by atoms with Gasteiger partial charge in [-0.3, -0.25) is 4.90 Å². The van der Waals surface area contributed by atoms with Crippen LogP contribution in [0.5, 0.6) is 0 Å². The first-order valence-corrected chi connectivity index (χ1v) is 7.43. The Bertz CT molecular complexity index is 384. The van der Waals surface area contributed by atoms with Crippen LogP contribution in [0.3, 0.4) is 0 Å². The van der Waals surface area contributed by atoms with Crippen molar-refractivity contribution < 1.29 is 8.78 Å². The Labute approximate surface area is 120 Å². The molecule has 112 valence electrons. The van der Waals surface area contributed by atoms with E-state index in [0.29, 0.717) is 0 Å². The van der Waals surface area contributed by atoms with Gasteiger partial charge in [-0.25, -0.2) is 8.78 Å². The standard InChI is InChI=1S/C16H24F2N2/c1-19-9-6-13-7-10-20(11-8-13)12-14-2-4-15(5-3-14)16(17)18/h2-5,13,16,19H,6-12H2,1H3. The van der Waals surface area contributed by atoms with Gasteiger partial charge in [-0.05, 0) is 57.4 Å². The van der Waals surface area contributed by atoms with Gasteiger partial charge < -0.3 is 5.32 Å². The van der Waals surface area contributed by atoms with Crippen LogP contribution in [0.2, 0.25) is 0 Å². The SMILES string of the molecule is CNCCC1CCN(Cc2ccc(C(F)F)cc2)CC1. The highest BCUT2D eigenvalue weighted by molar-refractivity contribution is 5.23. The topological polar surface area (TPSA) is 15.3 Å². The van der Waals surface area contributed by atoms with E-state index >= 15 is 0 Å². The lowest BCUT2D eigenvalue weighted by Gasteiger charge is -2.32. The van der Waals surface area contributed by atoms with Crippen molar-refractivity contribution in [1.82, 2.24) is 10.2 Å². The number of hydrogen-bond acceptors (Lipinski definition) is 2. The average Bonchev–Trinajstić information content (AvgIpc) is 2.47. The molecular formula is C16H24F2N2. The normalized spacial score (nSPS) is 17.8. The van der Waals surface area contributed by atoms with Crippen molar-refractivity contribution >= 4 is 0 Å². The van der Waals surface area contributed by atoms with Crippen LogP contribution in [-0.2, 0) is 6.54 Å². The third-order valence-electron chi connectivity index (χ3n) is 4.15. The lowest BCUT2D eigenvalue weighted by Crippen LogP contribution is -2.34. The molecule has 0 atom stereocenters. The Morgan fingerprint density at radius 2 is 1.85 bits per heavy atom. The van der Waals surface area contributed by atoms with Gasteiger partial charge >= 0.3 is 0 Å². The predicted molar refractivity (Wildman–Crippen MR) is 77.9 cm³/mol. The lowest BCUT2D eigenvalue weighted by atomic mass is 9.93. The summed E-state index contributed by atoms with van der Waals surface area (Å²) in [5.41, 5.74) is 1.24. The zero-order chi connectivity index (χ0) is 14.4. The molecule has 1 N–H and O–H groups in total. The maximum Gasteiger partial charge on any atom is 0.263 e. The van der Waals surface area contributed by atoms with Gasteiger partial charge in [-0.1, -0.05) is 24.3 Å². The average molecular weight is 282 g/mol. The number of benzene rings is 1. The van der Waals surface area contributed by atoms with E-state index in [1.165, 1.54) is 19.3 Å². The molecule has 0 saturated carbocycles. The first kappa shape index (κ1) is 15.4. The van der Waals surface area contributed by atoms with Gasteiger partial charge in [0.25, 0.3) is 6.43 Å². The highest BCUT2D eigenvalue weighted by Gasteiger charge is 2.18. The molecule has 1 saturated heterocycles. The van der Waals surface area contributed by atoms with E-state index in [-0.39, 0.29) is 5.56 Å². The minimum atomic E-state index is -2.37. The molecule has 1 aliphatic rings. The molecular weight excluding hydrogens is 258 g/mol. The molecule has 20 heavy (non-hydrogen) atoms. The lowest BCUT2D eigenvalue weighted by molar-refractivity contribution is 0.151. The molecule has 1 fully saturated rings. The van der Waals surface area contributed by atoms with Gasteiger partial charge in [0.15, 0.2) is 0 Å². The molecule has 1 heterocycles. The number of nitrogens with one attached hydrogen (secondary N) is 1. The first-order chi connectivity index (χ1) is 9.69. The van der Waals surface area contributed by atoms with Gasteiger partial charge in [0.05, 0.1) is 0 Å². The van der Waals surface area contributed by atoms with Gasteiger partial charge in [-0.2, -0.15) is 0 Å². The maximum atomic E-state index is 12.5. The quantitative estimate of drug-likeness (QED) is 0.859. The van der Waals surface area contributed by atoms with Crippen LogP contribution in [0.25, 0.3) is 0 Å². The molecule has 2 rings (SSSR count). The Morgan fingerprint density at radius 3 is 2.40 bits per heavy atom. The van der Waals surface area contributed by atoms with Crippen molar-refractivity contribution in [2.24, 2.45) is 5.92 Å². The van der Waals surface area contributed by atoms with E-state index < -0.39 is 6.43 Å². The molecule has 0 aromatic heterocycles. The number of hydrogen-bond donors (Lipinski definition) is 1. The largest absolute Gasteiger partial charge is 0.320 e. The van der Waals surface area contributed by atoms with E-state index in [1.54, 1.807) is 12.1 Å². The van der Waals surface area contributed by atoms with Gasteiger partial charge in [0, 0.05) is 12.1 Å². The smallest absolute Gasteiger partial charge is 0.263 e. The summed E-state index contributed by atoms with van der Waals surface area (Å²) in [4.78, 5) is 2.42. The van der Waals surface area contributed by atoms with Gasteiger partial charge in [0.2, 0.25) is 0 Å². The molecule has 1 aromatic carbocycles. The van der Waals surface area contributed by atoms with Crippen molar-refractivity contribution in [3.63, 3.8) is 0 Å². The molecule has 0 radical (unpaired) electrons. The molecule has 4 heteroatoms. The number of piperidine rings is 1. The summed E-state index contributed by atoms with van der Waals surface area (Å²) in [5.74, 6) is 0.833. The summed E-state index contributed by atoms with van der Waals surface area (Å²) in [6, 6.07) is 6.74.